The molecule has 0 spiro atoms. The van der Waals surface area contributed by atoms with Crippen molar-refractivity contribution >= 4 is 9.53 Å². The minimum atomic E-state index is 0.768. The van der Waals surface area contributed by atoms with E-state index in [2.05, 4.69) is 38.7 Å². The van der Waals surface area contributed by atoms with E-state index >= 15 is 0 Å². The topological polar surface area (TPSA) is 21.7 Å². The van der Waals surface area contributed by atoms with Gasteiger partial charge in [-0.15, -0.1) is 11.6 Å². The van der Waals surface area contributed by atoms with E-state index in [1.807, 2.05) is 26.2 Å². The van der Waals surface area contributed by atoms with Crippen molar-refractivity contribution in [1.82, 2.24) is 4.90 Å². The maximum absolute atomic E-state index is 5.25. The minimum absolute atomic E-state index is 0.768. The number of benzene rings is 1. The summed E-state index contributed by atoms with van der Waals surface area (Å²) >= 11 is 2.22. The quantitative estimate of drug-likeness (QED) is 0.622. The zero-order valence-corrected chi connectivity index (χ0v) is 12.1. The number of halogens is 1. The summed E-state index contributed by atoms with van der Waals surface area (Å²) in [5, 5.41) is 0. The predicted molar refractivity (Wildman–Crippen MR) is 61.6 cm³/mol. The van der Waals surface area contributed by atoms with Gasteiger partial charge in [-0.3, -0.25) is 0 Å². The van der Waals surface area contributed by atoms with Gasteiger partial charge in [0.15, 0.2) is 0 Å². The number of hydrogen-bond acceptors (Lipinski definition) is 3. The van der Waals surface area contributed by atoms with Crippen LogP contribution in [0.15, 0.2) is 12.1 Å². The van der Waals surface area contributed by atoms with Gasteiger partial charge in [-0.05, 0) is 14.1 Å². The summed E-state index contributed by atoms with van der Waals surface area (Å²) in [6.45, 7) is 0.813. The van der Waals surface area contributed by atoms with Crippen molar-refractivity contribution in [3.63, 3.8) is 0 Å². The van der Waals surface area contributed by atoms with Gasteiger partial charge in [0.2, 0.25) is 0 Å². The number of ether oxygens (including phenoxy) is 2. The molecule has 1 rings (SSSR count). The van der Waals surface area contributed by atoms with Crippen molar-refractivity contribution in [2.24, 2.45) is 0 Å². The molecule has 0 saturated heterocycles. The molecule has 94 valence electrons. The van der Waals surface area contributed by atoms with Crippen molar-refractivity contribution in [2.75, 3.05) is 28.3 Å². The maximum atomic E-state index is 5.25. The Morgan fingerprint density at radius 3 is 2.38 bits per heavy atom. The molecule has 1 aromatic carbocycles. The number of rotatable bonds is 4. The molecular weight excluding hydrogens is 320 g/mol. The van der Waals surface area contributed by atoms with Gasteiger partial charge in [0.05, 0.1) is 14.2 Å². The SMILES string of the molecule is COc1c[c-]c(CN(C)C)c(OC)c1.[Cl][Pd+]. The van der Waals surface area contributed by atoms with Gasteiger partial charge >= 0.3 is 27.7 Å². The van der Waals surface area contributed by atoms with E-state index in [-0.39, 0.29) is 0 Å². The van der Waals surface area contributed by atoms with Crippen LogP contribution in [0.1, 0.15) is 5.56 Å². The molecular formula is C11H16ClNO2Pd. The molecule has 1 aromatic rings. The molecule has 0 aromatic heterocycles. The van der Waals surface area contributed by atoms with Crippen LogP contribution in [0.4, 0.5) is 0 Å². The van der Waals surface area contributed by atoms with Gasteiger partial charge in [-0.2, -0.15) is 6.07 Å². The second-order valence-electron chi connectivity index (χ2n) is 3.32. The first-order chi connectivity index (χ1) is 7.67. The van der Waals surface area contributed by atoms with Crippen LogP contribution in [0.5, 0.6) is 11.5 Å². The Morgan fingerprint density at radius 1 is 1.31 bits per heavy atom. The summed E-state index contributed by atoms with van der Waals surface area (Å²) < 4.78 is 10.3. The van der Waals surface area contributed by atoms with Crippen molar-refractivity contribution in [1.29, 1.82) is 0 Å². The molecule has 0 radical (unpaired) electrons. The molecule has 0 aliphatic heterocycles. The van der Waals surface area contributed by atoms with Crippen LogP contribution < -0.4 is 9.47 Å². The molecule has 0 N–H and O–H groups in total. The Labute approximate surface area is 112 Å². The van der Waals surface area contributed by atoms with E-state index in [9.17, 15) is 0 Å². The predicted octanol–water partition coefficient (Wildman–Crippen LogP) is 2.25. The molecule has 0 amide bonds. The fourth-order valence-electron chi connectivity index (χ4n) is 1.23. The van der Waals surface area contributed by atoms with Gasteiger partial charge < -0.3 is 14.4 Å². The van der Waals surface area contributed by atoms with Crippen LogP contribution in [0.2, 0.25) is 0 Å². The average Bonchev–Trinajstić information content (AvgIpc) is 2.31. The molecule has 0 saturated carbocycles. The summed E-state index contributed by atoms with van der Waals surface area (Å²) in [4.78, 5) is 2.07. The number of nitrogens with zero attached hydrogens (tertiary/aromatic N) is 1. The molecule has 5 heteroatoms. The molecule has 0 unspecified atom stereocenters. The molecule has 0 fully saturated rings. The molecule has 0 bridgehead atoms. The standard InChI is InChI=1S/C11H16NO2.ClH.Pd/c1-12(2)8-9-5-6-10(13-3)7-11(9)14-4;;/h6-7H,8H2,1-4H3;1H;/q-1;;+2/p-1. The van der Waals surface area contributed by atoms with Gasteiger partial charge in [-0.25, -0.2) is 0 Å². The Bertz CT molecular complexity index is 308. The number of hydrogen-bond donors (Lipinski definition) is 0. The fourth-order valence-corrected chi connectivity index (χ4v) is 1.23. The Hall–Kier alpha value is -0.268. The zero-order chi connectivity index (χ0) is 12.6. The molecule has 16 heavy (non-hydrogen) atoms. The van der Waals surface area contributed by atoms with E-state index in [1.165, 1.54) is 0 Å². The van der Waals surface area contributed by atoms with E-state index in [1.54, 1.807) is 14.2 Å². The van der Waals surface area contributed by atoms with E-state index in [0.717, 1.165) is 23.6 Å². The van der Waals surface area contributed by atoms with Gasteiger partial charge in [-0.1, -0.05) is 6.07 Å². The van der Waals surface area contributed by atoms with Gasteiger partial charge in [0.1, 0.15) is 0 Å². The fraction of sp³-hybridized carbons (Fsp3) is 0.455. The Kier molecular flexibility index (Phi) is 8.69. The molecule has 0 aliphatic rings. The third-order valence-electron chi connectivity index (χ3n) is 1.89. The van der Waals surface area contributed by atoms with Crippen LogP contribution in [-0.4, -0.2) is 33.2 Å². The normalized spacial score (nSPS) is 9.50. The summed E-state index contributed by atoms with van der Waals surface area (Å²) in [6.07, 6.45) is 0. The van der Waals surface area contributed by atoms with Crippen LogP contribution in [0, 0.1) is 6.07 Å². The number of methoxy groups -OCH3 is 2. The third-order valence-corrected chi connectivity index (χ3v) is 1.89. The summed E-state index contributed by atoms with van der Waals surface area (Å²) in [7, 11) is 11.8. The van der Waals surface area contributed by atoms with Crippen molar-refractivity contribution < 1.29 is 27.7 Å². The summed E-state index contributed by atoms with van der Waals surface area (Å²) in [5.74, 6) is 1.59. The summed E-state index contributed by atoms with van der Waals surface area (Å²) in [6, 6.07) is 6.84. The van der Waals surface area contributed by atoms with Crippen molar-refractivity contribution in [3.05, 3.63) is 23.8 Å². The first-order valence-electron chi connectivity index (χ1n) is 4.56. The van der Waals surface area contributed by atoms with E-state index in [4.69, 9.17) is 9.47 Å². The molecule has 3 nitrogen and oxygen atoms in total. The molecule has 0 aliphatic carbocycles. The average molecular weight is 336 g/mol. The van der Waals surface area contributed by atoms with Crippen LogP contribution >= 0.6 is 9.53 Å². The Balaban J connectivity index is 0.00000106. The monoisotopic (exact) mass is 335 g/mol. The third kappa shape index (κ3) is 5.18. The summed E-state index contributed by atoms with van der Waals surface area (Å²) in [5.41, 5.74) is 1.04. The van der Waals surface area contributed by atoms with Crippen molar-refractivity contribution in [3.8, 4) is 11.5 Å². The van der Waals surface area contributed by atoms with Crippen LogP contribution in [-0.2, 0) is 24.7 Å². The van der Waals surface area contributed by atoms with Gasteiger partial charge in [0.25, 0.3) is 0 Å². The van der Waals surface area contributed by atoms with Crippen LogP contribution in [0.3, 0.4) is 0 Å². The Morgan fingerprint density at radius 2 is 1.94 bits per heavy atom. The van der Waals surface area contributed by atoms with Gasteiger partial charge in [0, 0.05) is 18.0 Å². The van der Waals surface area contributed by atoms with Crippen LogP contribution in [0.25, 0.3) is 0 Å². The first-order valence-corrected chi connectivity index (χ1v) is 6.56. The van der Waals surface area contributed by atoms with E-state index < -0.39 is 0 Å². The second kappa shape index (κ2) is 8.84. The van der Waals surface area contributed by atoms with E-state index in [0.29, 0.717) is 0 Å². The first kappa shape index (κ1) is 15.7. The van der Waals surface area contributed by atoms with Crippen molar-refractivity contribution in [2.45, 2.75) is 6.54 Å². The molecule has 0 heterocycles. The second-order valence-corrected chi connectivity index (χ2v) is 3.32. The molecule has 0 atom stereocenters. The zero-order valence-electron chi connectivity index (χ0n) is 9.82.